The fourth-order valence-electron chi connectivity index (χ4n) is 2.16. The number of aromatic nitrogens is 4. The number of fused-ring (bicyclic) bond motifs is 1. The number of nitrogens with zero attached hydrogens (tertiary/aromatic N) is 4. The molecule has 2 aromatic carbocycles. The van der Waals surface area contributed by atoms with Crippen molar-refractivity contribution < 1.29 is 4.42 Å². The van der Waals surface area contributed by atoms with Crippen LogP contribution in [0.25, 0.3) is 28.2 Å². The molecule has 0 saturated carbocycles. The van der Waals surface area contributed by atoms with Crippen molar-refractivity contribution in [1.29, 1.82) is 0 Å². The van der Waals surface area contributed by atoms with E-state index >= 15 is 0 Å². The van der Waals surface area contributed by atoms with Crippen LogP contribution >= 0.6 is 23.2 Å². The van der Waals surface area contributed by atoms with Gasteiger partial charge in [-0.1, -0.05) is 23.2 Å². The fourth-order valence-corrected chi connectivity index (χ4v) is 2.46. The molecule has 108 valence electrons. The van der Waals surface area contributed by atoms with Gasteiger partial charge in [-0.15, -0.1) is 10.2 Å². The van der Waals surface area contributed by atoms with E-state index in [9.17, 15) is 0 Å². The lowest BCUT2D eigenvalue weighted by Crippen LogP contribution is -1.88. The van der Waals surface area contributed by atoms with E-state index in [1.165, 1.54) is 0 Å². The van der Waals surface area contributed by atoms with E-state index in [0.29, 0.717) is 21.5 Å². The summed E-state index contributed by atoms with van der Waals surface area (Å²) in [5, 5.41) is 8.54. The van der Waals surface area contributed by atoms with Gasteiger partial charge in [0.2, 0.25) is 5.89 Å². The van der Waals surface area contributed by atoms with Crippen molar-refractivity contribution in [1.82, 2.24) is 19.7 Å². The maximum Gasteiger partial charge on any atom is 0.227 e. The van der Waals surface area contributed by atoms with Crippen LogP contribution in [-0.4, -0.2) is 19.7 Å². The van der Waals surface area contributed by atoms with Gasteiger partial charge in [0.25, 0.3) is 0 Å². The lowest BCUT2D eigenvalue weighted by atomic mass is 10.2. The summed E-state index contributed by atoms with van der Waals surface area (Å²) in [5.74, 6) is 0.495. The van der Waals surface area contributed by atoms with Crippen molar-refractivity contribution in [3.8, 4) is 17.1 Å². The molecule has 0 N–H and O–H groups in total. The average molecular weight is 331 g/mol. The molecule has 0 spiro atoms. The molecule has 2 aromatic heterocycles. The highest BCUT2D eigenvalue weighted by atomic mass is 35.5. The van der Waals surface area contributed by atoms with E-state index in [4.69, 9.17) is 27.6 Å². The highest BCUT2D eigenvalue weighted by Crippen LogP contribution is 2.30. The average Bonchev–Trinajstić information content (AvgIpc) is 3.17. The third-order valence-electron chi connectivity index (χ3n) is 3.26. The van der Waals surface area contributed by atoms with E-state index in [-0.39, 0.29) is 0 Å². The van der Waals surface area contributed by atoms with Crippen LogP contribution in [0, 0.1) is 0 Å². The van der Waals surface area contributed by atoms with E-state index in [1.54, 1.807) is 29.4 Å². The van der Waals surface area contributed by atoms with Gasteiger partial charge in [-0.2, -0.15) is 0 Å². The maximum absolute atomic E-state index is 6.04. The third-order valence-corrected chi connectivity index (χ3v) is 3.99. The van der Waals surface area contributed by atoms with Gasteiger partial charge < -0.3 is 4.42 Å². The van der Waals surface area contributed by atoms with Gasteiger partial charge >= 0.3 is 0 Å². The molecule has 0 aliphatic heterocycles. The van der Waals surface area contributed by atoms with Crippen LogP contribution in [0.5, 0.6) is 0 Å². The van der Waals surface area contributed by atoms with Gasteiger partial charge in [0.15, 0.2) is 5.58 Å². The zero-order valence-corrected chi connectivity index (χ0v) is 12.6. The smallest absolute Gasteiger partial charge is 0.227 e. The highest BCUT2D eigenvalue weighted by Gasteiger charge is 2.11. The Kier molecular flexibility index (Phi) is 3.10. The highest BCUT2D eigenvalue weighted by molar-refractivity contribution is 6.42. The Hall–Kier alpha value is -2.37. The molecule has 4 rings (SSSR count). The molecular formula is C15H8Cl2N4O. The molecule has 22 heavy (non-hydrogen) atoms. The summed E-state index contributed by atoms with van der Waals surface area (Å²) in [6.07, 6.45) is 3.24. The van der Waals surface area contributed by atoms with Crippen molar-refractivity contribution in [2.45, 2.75) is 0 Å². The summed E-state index contributed by atoms with van der Waals surface area (Å²) >= 11 is 12.0. The minimum atomic E-state index is 0.464. The lowest BCUT2D eigenvalue weighted by Gasteiger charge is -1.99. The van der Waals surface area contributed by atoms with E-state index in [2.05, 4.69) is 15.2 Å². The molecule has 2 heterocycles. The Morgan fingerprint density at radius 2 is 1.73 bits per heavy atom. The van der Waals surface area contributed by atoms with Crippen LogP contribution in [0.2, 0.25) is 10.0 Å². The first-order valence-electron chi connectivity index (χ1n) is 6.42. The number of benzene rings is 2. The molecule has 0 aliphatic carbocycles. The Morgan fingerprint density at radius 1 is 0.909 bits per heavy atom. The minimum Gasteiger partial charge on any atom is -0.436 e. The normalized spacial score (nSPS) is 11.2. The first kappa shape index (κ1) is 13.3. The largest absolute Gasteiger partial charge is 0.436 e. The predicted octanol–water partition coefficient (Wildman–Crippen LogP) is 4.38. The van der Waals surface area contributed by atoms with E-state index in [1.807, 2.05) is 24.3 Å². The Balaban J connectivity index is 1.81. The van der Waals surface area contributed by atoms with Gasteiger partial charge in [0.1, 0.15) is 18.2 Å². The number of hydrogen-bond acceptors (Lipinski definition) is 4. The van der Waals surface area contributed by atoms with Crippen molar-refractivity contribution in [2.24, 2.45) is 0 Å². The summed E-state index contributed by atoms with van der Waals surface area (Å²) in [7, 11) is 0. The second-order valence-electron chi connectivity index (χ2n) is 4.67. The topological polar surface area (TPSA) is 56.7 Å². The standard InChI is InChI=1S/C15H8Cl2N4O/c16-11-3-1-9(5-12(11)17)15-20-13-4-2-10(6-14(13)22-15)21-7-18-19-8-21/h1-8H. The van der Waals surface area contributed by atoms with E-state index in [0.717, 1.165) is 16.8 Å². The second-order valence-corrected chi connectivity index (χ2v) is 5.48. The minimum absolute atomic E-state index is 0.464. The Morgan fingerprint density at radius 3 is 2.50 bits per heavy atom. The van der Waals surface area contributed by atoms with Crippen LogP contribution in [-0.2, 0) is 0 Å². The predicted molar refractivity (Wildman–Crippen MR) is 84.4 cm³/mol. The van der Waals surface area contributed by atoms with Crippen molar-refractivity contribution in [2.75, 3.05) is 0 Å². The first-order chi connectivity index (χ1) is 10.7. The fraction of sp³-hybridized carbons (Fsp3) is 0. The Bertz CT molecular complexity index is 963. The molecule has 0 fully saturated rings. The zero-order chi connectivity index (χ0) is 15.1. The van der Waals surface area contributed by atoms with Crippen molar-refractivity contribution in [3.63, 3.8) is 0 Å². The monoisotopic (exact) mass is 330 g/mol. The zero-order valence-electron chi connectivity index (χ0n) is 11.1. The molecular weight excluding hydrogens is 323 g/mol. The summed E-state index contributed by atoms with van der Waals surface area (Å²) in [6, 6.07) is 11.0. The summed E-state index contributed by atoms with van der Waals surface area (Å²) in [6.45, 7) is 0. The number of oxazole rings is 1. The number of rotatable bonds is 2. The van der Waals surface area contributed by atoms with Gasteiger partial charge in [-0.25, -0.2) is 4.98 Å². The second kappa shape index (κ2) is 5.12. The first-order valence-corrected chi connectivity index (χ1v) is 7.17. The molecule has 0 aliphatic rings. The number of hydrogen-bond donors (Lipinski definition) is 0. The van der Waals surface area contributed by atoms with Gasteiger partial charge in [-0.3, -0.25) is 4.57 Å². The molecule has 0 saturated heterocycles. The van der Waals surface area contributed by atoms with Crippen LogP contribution in [0.15, 0.2) is 53.5 Å². The van der Waals surface area contributed by atoms with Crippen molar-refractivity contribution >= 4 is 34.3 Å². The molecule has 0 amide bonds. The molecule has 0 unspecified atom stereocenters. The quantitative estimate of drug-likeness (QED) is 0.547. The molecule has 0 bridgehead atoms. The maximum atomic E-state index is 6.04. The van der Waals surface area contributed by atoms with Crippen LogP contribution < -0.4 is 0 Å². The van der Waals surface area contributed by atoms with Crippen LogP contribution in [0.4, 0.5) is 0 Å². The lowest BCUT2D eigenvalue weighted by molar-refractivity contribution is 0.619. The van der Waals surface area contributed by atoms with E-state index < -0.39 is 0 Å². The molecule has 0 radical (unpaired) electrons. The molecule has 7 heteroatoms. The summed E-state index contributed by atoms with van der Waals surface area (Å²) in [5.41, 5.74) is 3.11. The molecule has 0 atom stereocenters. The van der Waals surface area contributed by atoms with Crippen molar-refractivity contribution in [3.05, 3.63) is 59.1 Å². The SMILES string of the molecule is Clc1ccc(-c2nc3ccc(-n4cnnc4)cc3o2)cc1Cl. The van der Waals surface area contributed by atoms with Gasteiger partial charge in [0, 0.05) is 11.6 Å². The molecule has 4 aromatic rings. The number of halogens is 2. The van der Waals surface area contributed by atoms with Gasteiger partial charge in [0.05, 0.1) is 15.7 Å². The molecule has 5 nitrogen and oxygen atoms in total. The summed E-state index contributed by atoms with van der Waals surface area (Å²) in [4.78, 5) is 4.47. The Labute approximate surface area is 135 Å². The van der Waals surface area contributed by atoms with Crippen LogP contribution in [0.1, 0.15) is 0 Å². The van der Waals surface area contributed by atoms with Gasteiger partial charge in [-0.05, 0) is 30.3 Å². The van der Waals surface area contributed by atoms with Crippen LogP contribution in [0.3, 0.4) is 0 Å². The third kappa shape index (κ3) is 2.24. The summed E-state index contributed by atoms with van der Waals surface area (Å²) < 4.78 is 7.61.